The molecule has 2 rings (SSSR count). The summed E-state index contributed by atoms with van der Waals surface area (Å²) in [6.07, 6.45) is -1.16. The average molecular weight is 405 g/mol. The summed E-state index contributed by atoms with van der Waals surface area (Å²) in [7, 11) is 0. The molecule has 2 N–H and O–H groups in total. The number of para-hydroxylation sites is 1. The summed E-state index contributed by atoms with van der Waals surface area (Å²) in [5.74, 6) is -1.18. The number of carbonyl (C=O) groups excluding carboxylic acids is 3. The quantitative estimate of drug-likeness (QED) is 0.690. The van der Waals surface area contributed by atoms with Crippen molar-refractivity contribution < 1.29 is 23.9 Å². The van der Waals surface area contributed by atoms with Gasteiger partial charge in [-0.25, -0.2) is 9.59 Å². The van der Waals surface area contributed by atoms with E-state index in [0.29, 0.717) is 17.3 Å². The van der Waals surface area contributed by atoms with Gasteiger partial charge in [-0.2, -0.15) is 0 Å². The van der Waals surface area contributed by atoms with Crippen molar-refractivity contribution in [2.75, 3.05) is 6.54 Å². The first kappa shape index (κ1) is 21.2. The molecule has 1 unspecified atom stereocenters. The zero-order valence-corrected chi connectivity index (χ0v) is 16.3. The van der Waals surface area contributed by atoms with Crippen molar-refractivity contribution in [2.45, 2.75) is 26.6 Å². The lowest BCUT2D eigenvalue weighted by molar-refractivity contribution is -0.127. The summed E-state index contributed by atoms with van der Waals surface area (Å²) >= 11 is 6.11. The number of ether oxygens (including phenoxy) is 2. The van der Waals surface area contributed by atoms with Crippen LogP contribution in [0.3, 0.4) is 0 Å². The first-order valence-corrected chi connectivity index (χ1v) is 9.05. The number of nitrogens with one attached hydrogen (secondary N) is 2. The van der Waals surface area contributed by atoms with E-state index in [1.54, 1.807) is 31.2 Å². The number of rotatable bonds is 7. The topological polar surface area (TPSA) is 93.7 Å². The second kappa shape index (κ2) is 10.3. The molecule has 0 saturated heterocycles. The normalized spacial score (nSPS) is 11.2. The number of urea groups is 1. The number of carbonyl (C=O) groups is 3. The largest absolute Gasteiger partial charge is 0.488 e. The van der Waals surface area contributed by atoms with Crippen LogP contribution in [0.5, 0.6) is 5.75 Å². The molecule has 0 spiro atoms. The first-order valence-electron chi connectivity index (χ1n) is 8.67. The van der Waals surface area contributed by atoms with Crippen molar-refractivity contribution in [1.82, 2.24) is 10.6 Å². The van der Waals surface area contributed by atoms with Gasteiger partial charge in [0.25, 0.3) is 5.91 Å². The van der Waals surface area contributed by atoms with Crippen LogP contribution in [0.2, 0.25) is 5.02 Å². The van der Waals surface area contributed by atoms with Gasteiger partial charge < -0.3 is 14.8 Å². The Morgan fingerprint density at radius 1 is 1.07 bits per heavy atom. The second-order valence-corrected chi connectivity index (χ2v) is 6.18. The zero-order chi connectivity index (χ0) is 20.5. The number of esters is 1. The molecule has 0 bridgehead atoms. The SMILES string of the molecule is CCNC(=O)NC(=O)C(C)OC(=O)c1ccccc1OCc1ccccc1Cl. The minimum Gasteiger partial charge on any atom is -0.488 e. The molecule has 0 aromatic heterocycles. The molecular weight excluding hydrogens is 384 g/mol. The van der Waals surface area contributed by atoms with E-state index < -0.39 is 24.0 Å². The summed E-state index contributed by atoms with van der Waals surface area (Å²) < 4.78 is 10.9. The van der Waals surface area contributed by atoms with E-state index in [1.165, 1.54) is 13.0 Å². The van der Waals surface area contributed by atoms with Crippen molar-refractivity contribution in [2.24, 2.45) is 0 Å². The van der Waals surface area contributed by atoms with Crippen LogP contribution < -0.4 is 15.4 Å². The van der Waals surface area contributed by atoms with Gasteiger partial charge in [0.05, 0.1) is 0 Å². The number of hydrogen-bond acceptors (Lipinski definition) is 5. The Bertz CT molecular complexity index is 856. The highest BCUT2D eigenvalue weighted by molar-refractivity contribution is 6.31. The van der Waals surface area contributed by atoms with Gasteiger partial charge in [-0.1, -0.05) is 41.9 Å². The molecule has 2 aromatic rings. The van der Waals surface area contributed by atoms with Crippen molar-refractivity contribution in [3.05, 3.63) is 64.7 Å². The Balaban J connectivity index is 2.02. The Labute approximate surface area is 168 Å². The van der Waals surface area contributed by atoms with E-state index in [9.17, 15) is 14.4 Å². The molecule has 0 fully saturated rings. The third-order valence-corrected chi connectivity index (χ3v) is 4.04. The monoisotopic (exact) mass is 404 g/mol. The Kier molecular flexibility index (Phi) is 7.83. The number of imide groups is 1. The molecule has 7 nitrogen and oxygen atoms in total. The summed E-state index contributed by atoms with van der Waals surface area (Å²) in [4.78, 5) is 35.8. The number of hydrogen-bond donors (Lipinski definition) is 2. The molecule has 0 aliphatic rings. The van der Waals surface area contributed by atoms with Crippen LogP contribution in [0.1, 0.15) is 29.8 Å². The molecule has 0 radical (unpaired) electrons. The minimum absolute atomic E-state index is 0.159. The highest BCUT2D eigenvalue weighted by Crippen LogP contribution is 2.23. The fourth-order valence-corrected chi connectivity index (χ4v) is 2.42. The molecule has 0 heterocycles. The maximum Gasteiger partial charge on any atom is 0.342 e. The van der Waals surface area contributed by atoms with E-state index in [0.717, 1.165) is 5.56 Å². The predicted molar refractivity (Wildman–Crippen MR) is 104 cm³/mol. The second-order valence-electron chi connectivity index (χ2n) is 5.77. The highest BCUT2D eigenvalue weighted by Gasteiger charge is 2.22. The van der Waals surface area contributed by atoms with Crippen molar-refractivity contribution in [1.29, 1.82) is 0 Å². The molecule has 3 amide bonds. The van der Waals surface area contributed by atoms with E-state index in [1.807, 2.05) is 18.2 Å². The van der Waals surface area contributed by atoms with Crippen LogP contribution in [0.15, 0.2) is 48.5 Å². The van der Waals surface area contributed by atoms with E-state index in [2.05, 4.69) is 10.6 Å². The van der Waals surface area contributed by atoms with Gasteiger partial charge in [0.15, 0.2) is 6.10 Å². The minimum atomic E-state index is -1.16. The van der Waals surface area contributed by atoms with E-state index >= 15 is 0 Å². The summed E-state index contributed by atoms with van der Waals surface area (Å²) in [5.41, 5.74) is 0.925. The molecule has 0 aliphatic heterocycles. The molecule has 2 aromatic carbocycles. The first-order chi connectivity index (χ1) is 13.4. The van der Waals surface area contributed by atoms with Gasteiger partial charge in [-0.05, 0) is 32.0 Å². The molecule has 1 atom stereocenters. The lowest BCUT2D eigenvalue weighted by atomic mass is 10.2. The van der Waals surface area contributed by atoms with Crippen molar-refractivity contribution in [3.8, 4) is 5.75 Å². The molecule has 8 heteroatoms. The maximum atomic E-state index is 12.5. The maximum absolute atomic E-state index is 12.5. The van der Waals surface area contributed by atoms with Crippen molar-refractivity contribution >= 4 is 29.5 Å². The molecule has 28 heavy (non-hydrogen) atoms. The van der Waals surface area contributed by atoms with Gasteiger partial charge in [0, 0.05) is 17.1 Å². The van der Waals surface area contributed by atoms with Crippen molar-refractivity contribution in [3.63, 3.8) is 0 Å². The van der Waals surface area contributed by atoms with Gasteiger partial charge in [-0.3, -0.25) is 10.1 Å². The predicted octanol–water partition coefficient (Wildman–Crippen LogP) is 3.31. The molecule has 0 saturated carbocycles. The third kappa shape index (κ3) is 5.99. The van der Waals surface area contributed by atoms with Crippen LogP contribution in [-0.4, -0.2) is 30.6 Å². The molecule has 0 aliphatic carbocycles. The number of amides is 3. The molecule has 148 valence electrons. The fraction of sp³-hybridized carbons (Fsp3) is 0.250. The molecular formula is C20H21ClN2O5. The fourth-order valence-electron chi connectivity index (χ4n) is 2.23. The van der Waals surface area contributed by atoms with Gasteiger partial charge in [-0.15, -0.1) is 0 Å². The lowest BCUT2D eigenvalue weighted by Gasteiger charge is -2.15. The summed E-state index contributed by atoms with van der Waals surface area (Å²) in [6.45, 7) is 3.62. The number of halogens is 1. The number of benzene rings is 2. The van der Waals surface area contributed by atoms with Crippen LogP contribution in [0.25, 0.3) is 0 Å². The smallest absolute Gasteiger partial charge is 0.342 e. The Morgan fingerprint density at radius 2 is 1.75 bits per heavy atom. The Morgan fingerprint density at radius 3 is 2.46 bits per heavy atom. The summed E-state index contributed by atoms with van der Waals surface area (Å²) in [5, 5.41) is 5.07. The Hall–Kier alpha value is -3.06. The highest BCUT2D eigenvalue weighted by atomic mass is 35.5. The van der Waals surface area contributed by atoms with Crippen LogP contribution in [0, 0.1) is 0 Å². The van der Waals surface area contributed by atoms with Crippen LogP contribution in [0.4, 0.5) is 4.79 Å². The average Bonchev–Trinajstić information content (AvgIpc) is 2.67. The summed E-state index contributed by atoms with van der Waals surface area (Å²) in [6, 6.07) is 13.1. The van der Waals surface area contributed by atoms with Gasteiger partial charge >= 0.3 is 12.0 Å². The lowest BCUT2D eigenvalue weighted by Crippen LogP contribution is -2.44. The van der Waals surface area contributed by atoms with Gasteiger partial charge in [0.2, 0.25) is 0 Å². The van der Waals surface area contributed by atoms with Crippen LogP contribution >= 0.6 is 11.6 Å². The third-order valence-electron chi connectivity index (χ3n) is 3.68. The van der Waals surface area contributed by atoms with Gasteiger partial charge in [0.1, 0.15) is 17.9 Å². The van der Waals surface area contributed by atoms with E-state index in [4.69, 9.17) is 21.1 Å². The van der Waals surface area contributed by atoms with E-state index in [-0.39, 0.29) is 12.2 Å². The van der Waals surface area contributed by atoms with Crippen LogP contribution in [-0.2, 0) is 16.1 Å². The zero-order valence-electron chi connectivity index (χ0n) is 15.5. The standard InChI is InChI=1S/C20H21ClN2O5/c1-3-22-20(26)23-18(24)13(2)28-19(25)15-9-5-7-11-17(15)27-12-14-8-4-6-10-16(14)21/h4-11,13H,3,12H2,1-2H3,(H2,22,23,24,26).